The summed E-state index contributed by atoms with van der Waals surface area (Å²) in [5, 5.41) is 10.3. The number of nitrogens with one attached hydrogen (secondary N) is 2. The predicted molar refractivity (Wildman–Crippen MR) is 40.0 cm³/mol. The molecule has 0 aromatic rings. The van der Waals surface area contributed by atoms with E-state index in [1.165, 1.54) is 12.3 Å². The summed E-state index contributed by atoms with van der Waals surface area (Å²) >= 11 is 5.16. The lowest BCUT2D eigenvalue weighted by Gasteiger charge is -1.84. The number of halogens is 1. The highest BCUT2D eigenvalue weighted by molar-refractivity contribution is 6.67. The zero-order valence-corrected chi connectivity index (χ0v) is 5.81. The second-order valence-corrected chi connectivity index (χ2v) is 1.60. The van der Waals surface area contributed by atoms with E-state index in [1.54, 1.807) is 13.1 Å². The fraction of sp³-hybridized carbons (Fsp3) is 0.200. The smallest absolute Gasteiger partial charge is 0.122 e. The number of hydrogen-bond acceptors (Lipinski definition) is 3. The van der Waals surface area contributed by atoms with E-state index < -0.39 is 0 Å². The van der Waals surface area contributed by atoms with Gasteiger partial charge in [0.2, 0.25) is 0 Å². The molecule has 0 aliphatic rings. The predicted octanol–water partition coefficient (Wildman–Crippen LogP) is 1.31. The Labute approximate surface area is 58.9 Å². The van der Waals surface area contributed by atoms with Crippen molar-refractivity contribution in [1.82, 2.24) is 5.43 Å². The van der Waals surface area contributed by atoms with Gasteiger partial charge in [-0.25, -0.2) is 0 Å². The minimum atomic E-state index is -0.0196. The molecule has 3 nitrogen and oxygen atoms in total. The van der Waals surface area contributed by atoms with Crippen molar-refractivity contribution in [1.29, 1.82) is 5.41 Å². The summed E-state index contributed by atoms with van der Waals surface area (Å²) in [6.07, 6.45) is 4.48. The molecule has 0 saturated heterocycles. The summed E-state index contributed by atoms with van der Waals surface area (Å²) in [6, 6.07) is 0. The fourth-order valence-electron chi connectivity index (χ4n) is 0.228. The molecule has 0 spiro atoms. The largest absolute Gasteiger partial charge is 0.289 e. The third-order valence-electron chi connectivity index (χ3n) is 0.508. The molecule has 0 rings (SSSR count). The maximum atomic E-state index is 6.72. The van der Waals surface area contributed by atoms with Crippen molar-refractivity contribution in [2.24, 2.45) is 5.10 Å². The summed E-state index contributed by atoms with van der Waals surface area (Å²) in [5.41, 5.74) is 2.53. The van der Waals surface area contributed by atoms with Gasteiger partial charge >= 0.3 is 0 Å². The molecule has 0 fully saturated rings. The Kier molecular flexibility index (Phi) is 4.82. The van der Waals surface area contributed by atoms with Crippen LogP contribution >= 0.6 is 11.6 Å². The minimum Gasteiger partial charge on any atom is -0.289 e. The standard InChI is InChI=1S/C5H8ClN3/c1-2-8-9-4-3-5(6)7/h2-4,7,9H,1H3/b4-3-,7-5?,8-2-. The van der Waals surface area contributed by atoms with Crippen LogP contribution in [0.2, 0.25) is 0 Å². The molecular formula is C5H8ClN3. The average molecular weight is 146 g/mol. The molecule has 0 aliphatic carbocycles. The highest BCUT2D eigenvalue weighted by Crippen LogP contribution is 1.79. The Morgan fingerprint density at radius 3 is 2.89 bits per heavy atom. The third-order valence-corrected chi connectivity index (χ3v) is 0.634. The Bertz CT molecular complexity index is 139. The fourth-order valence-corrected chi connectivity index (χ4v) is 0.291. The molecule has 0 radical (unpaired) electrons. The van der Waals surface area contributed by atoms with Crippen molar-refractivity contribution in [3.05, 3.63) is 12.3 Å². The summed E-state index contributed by atoms with van der Waals surface area (Å²) in [6.45, 7) is 1.78. The second-order valence-electron chi connectivity index (χ2n) is 1.20. The van der Waals surface area contributed by atoms with Crippen LogP contribution in [0.3, 0.4) is 0 Å². The van der Waals surface area contributed by atoms with E-state index in [2.05, 4.69) is 10.5 Å². The Hall–Kier alpha value is -0.830. The van der Waals surface area contributed by atoms with Gasteiger partial charge in [-0.1, -0.05) is 11.6 Å². The first-order chi connectivity index (χ1) is 4.27. The van der Waals surface area contributed by atoms with Crippen molar-refractivity contribution < 1.29 is 0 Å². The zero-order chi connectivity index (χ0) is 7.11. The first-order valence-corrected chi connectivity index (χ1v) is 2.79. The SMILES string of the molecule is C/C=N\N/C=C\C(=N)Cl. The van der Waals surface area contributed by atoms with E-state index in [-0.39, 0.29) is 5.17 Å². The monoisotopic (exact) mass is 145 g/mol. The average Bonchev–Trinajstić information content (AvgIpc) is 1.80. The van der Waals surface area contributed by atoms with Gasteiger partial charge in [0.25, 0.3) is 0 Å². The first kappa shape index (κ1) is 8.17. The van der Waals surface area contributed by atoms with E-state index in [0.717, 1.165) is 0 Å². The molecule has 0 heterocycles. The molecule has 0 aliphatic heterocycles. The molecule has 2 N–H and O–H groups in total. The number of allylic oxidation sites excluding steroid dienone is 1. The van der Waals surface area contributed by atoms with Crippen LogP contribution in [0.4, 0.5) is 0 Å². The van der Waals surface area contributed by atoms with E-state index >= 15 is 0 Å². The van der Waals surface area contributed by atoms with Crippen molar-refractivity contribution in [2.75, 3.05) is 0 Å². The van der Waals surface area contributed by atoms with Crippen LogP contribution in [0.25, 0.3) is 0 Å². The third kappa shape index (κ3) is 7.17. The summed E-state index contributed by atoms with van der Waals surface area (Å²) in [7, 11) is 0. The molecule has 9 heavy (non-hydrogen) atoms. The second kappa shape index (κ2) is 5.31. The Morgan fingerprint density at radius 2 is 2.44 bits per heavy atom. The molecule has 0 amide bonds. The van der Waals surface area contributed by atoms with Gasteiger partial charge < -0.3 is 0 Å². The topological polar surface area (TPSA) is 48.2 Å². The van der Waals surface area contributed by atoms with Gasteiger partial charge in [0.05, 0.1) is 0 Å². The number of rotatable bonds is 3. The summed E-state index contributed by atoms with van der Waals surface area (Å²) in [4.78, 5) is 0. The maximum Gasteiger partial charge on any atom is 0.122 e. The molecule has 4 heteroatoms. The number of nitrogens with zero attached hydrogens (tertiary/aromatic N) is 1. The van der Waals surface area contributed by atoms with Gasteiger partial charge in [0, 0.05) is 12.4 Å². The van der Waals surface area contributed by atoms with Crippen LogP contribution in [0.5, 0.6) is 0 Å². The van der Waals surface area contributed by atoms with Gasteiger partial charge in [-0.15, -0.1) is 0 Å². The van der Waals surface area contributed by atoms with Crippen molar-refractivity contribution in [3.63, 3.8) is 0 Å². The molecule has 0 aromatic carbocycles. The van der Waals surface area contributed by atoms with Crippen LogP contribution in [0.1, 0.15) is 6.92 Å². The van der Waals surface area contributed by atoms with E-state index in [1.807, 2.05) is 0 Å². The van der Waals surface area contributed by atoms with Crippen LogP contribution < -0.4 is 5.43 Å². The molecule has 0 aromatic heterocycles. The van der Waals surface area contributed by atoms with Gasteiger partial charge in [-0.3, -0.25) is 10.8 Å². The Balaban J connectivity index is 3.36. The van der Waals surface area contributed by atoms with Crippen LogP contribution in [0.15, 0.2) is 17.4 Å². The normalized spacial score (nSPS) is 10.9. The number of hydrazone groups is 1. The highest BCUT2D eigenvalue weighted by Gasteiger charge is 1.74. The molecular weight excluding hydrogens is 138 g/mol. The van der Waals surface area contributed by atoms with Crippen molar-refractivity contribution in [3.8, 4) is 0 Å². The molecule has 0 saturated carbocycles. The molecule has 0 atom stereocenters. The zero-order valence-electron chi connectivity index (χ0n) is 5.06. The molecule has 0 bridgehead atoms. The van der Waals surface area contributed by atoms with Crippen LogP contribution in [0, 0.1) is 5.41 Å². The van der Waals surface area contributed by atoms with Crippen LogP contribution in [-0.2, 0) is 0 Å². The summed E-state index contributed by atoms with van der Waals surface area (Å²) in [5.74, 6) is 0. The molecule has 0 unspecified atom stereocenters. The van der Waals surface area contributed by atoms with Crippen LogP contribution in [-0.4, -0.2) is 11.4 Å². The lowest BCUT2D eigenvalue weighted by atomic mass is 10.7. The van der Waals surface area contributed by atoms with E-state index in [9.17, 15) is 0 Å². The quantitative estimate of drug-likeness (QED) is 0.457. The highest BCUT2D eigenvalue weighted by atomic mass is 35.5. The van der Waals surface area contributed by atoms with E-state index in [0.29, 0.717) is 0 Å². The molecule has 50 valence electrons. The van der Waals surface area contributed by atoms with Crippen molar-refractivity contribution >= 4 is 23.0 Å². The summed E-state index contributed by atoms with van der Waals surface area (Å²) < 4.78 is 0. The van der Waals surface area contributed by atoms with E-state index in [4.69, 9.17) is 17.0 Å². The number of hydrogen-bond donors (Lipinski definition) is 2. The Morgan fingerprint density at radius 1 is 1.78 bits per heavy atom. The van der Waals surface area contributed by atoms with Gasteiger partial charge in [-0.2, -0.15) is 5.10 Å². The minimum absolute atomic E-state index is 0.0196. The van der Waals surface area contributed by atoms with Crippen molar-refractivity contribution in [2.45, 2.75) is 6.92 Å². The van der Waals surface area contributed by atoms with Gasteiger partial charge in [0.1, 0.15) is 5.17 Å². The lowest BCUT2D eigenvalue weighted by Crippen LogP contribution is -1.92. The first-order valence-electron chi connectivity index (χ1n) is 2.41. The van der Waals surface area contributed by atoms with Gasteiger partial charge in [0.15, 0.2) is 0 Å². The maximum absolute atomic E-state index is 6.72. The lowest BCUT2D eigenvalue weighted by molar-refractivity contribution is 0.975. The van der Waals surface area contributed by atoms with Gasteiger partial charge in [-0.05, 0) is 13.0 Å².